The largest absolute Gasteiger partial charge is 0.436 e. The Morgan fingerprint density at radius 2 is 2.00 bits per heavy atom. The van der Waals surface area contributed by atoms with Gasteiger partial charge in [0.15, 0.2) is 6.61 Å². The summed E-state index contributed by atoms with van der Waals surface area (Å²) in [4.78, 5) is 25.3. The number of ether oxygens (including phenoxy) is 2. The fourth-order valence-corrected chi connectivity index (χ4v) is 2.18. The summed E-state index contributed by atoms with van der Waals surface area (Å²) in [5.74, 6) is 2.38. The number of terminal acetylenes is 1. The number of carbonyl (C=O) groups excluding carboxylic acids is 2. The highest BCUT2D eigenvalue weighted by atomic mass is 16.6. The highest BCUT2D eigenvalue weighted by Gasteiger charge is 2.18. The second-order valence-corrected chi connectivity index (χ2v) is 5.38. The van der Waals surface area contributed by atoms with Crippen LogP contribution in [0, 0.1) is 30.6 Å². The van der Waals surface area contributed by atoms with Crippen molar-refractivity contribution in [3.05, 3.63) is 54.1 Å². The Morgan fingerprint density at radius 1 is 1.22 bits per heavy atom. The van der Waals surface area contributed by atoms with Gasteiger partial charge in [-0.2, -0.15) is 5.26 Å². The summed E-state index contributed by atoms with van der Waals surface area (Å²) >= 11 is 0. The van der Waals surface area contributed by atoms with E-state index in [4.69, 9.17) is 21.2 Å². The molecule has 7 nitrogen and oxygen atoms in total. The Hall–Kier alpha value is -3.97. The molecule has 1 N–H and O–H groups in total. The molecular weight excluding hydrogens is 346 g/mol. The molecule has 0 atom stereocenters. The minimum Gasteiger partial charge on any atom is -0.436 e. The molecule has 7 heteroatoms. The van der Waals surface area contributed by atoms with Gasteiger partial charge in [-0.25, -0.2) is 9.59 Å². The number of nitrogens with zero attached hydrogens (tertiary/aromatic N) is 2. The predicted octanol–water partition coefficient (Wildman–Crippen LogP) is 3.71. The first-order chi connectivity index (χ1) is 13.0. The lowest BCUT2D eigenvalue weighted by Crippen LogP contribution is -2.34. The quantitative estimate of drug-likeness (QED) is 0.646. The maximum atomic E-state index is 12.5. The molecule has 0 aromatic heterocycles. The van der Waals surface area contributed by atoms with Crippen LogP contribution >= 0.6 is 0 Å². The van der Waals surface area contributed by atoms with Crippen molar-refractivity contribution in [1.29, 1.82) is 5.26 Å². The van der Waals surface area contributed by atoms with Crippen molar-refractivity contribution in [2.75, 3.05) is 23.4 Å². The third kappa shape index (κ3) is 5.80. The molecule has 136 valence electrons. The minimum atomic E-state index is -0.720. The summed E-state index contributed by atoms with van der Waals surface area (Å²) in [7, 11) is 0. The van der Waals surface area contributed by atoms with Crippen molar-refractivity contribution in [2.45, 2.75) is 6.92 Å². The van der Waals surface area contributed by atoms with Crippen LogP contribution in [0.4, 0.5) is 21.0 Å². The standard InChI is InChI=1S/C20H17N3O4/c1-3-12-26-19(24)22-16-7-5-9-18(14-16)27-20(25)23(11-10-21)17-8-4-6-15(2)13-17/h1,4-9,13-14H,11-12H2,2H3,(H,22,24). The summed E-state index contributed by atoms with van der Waals surface area (Å²) in [6.45, 7) is 1.56. The molecule has 0 saturated heterocycles. The number of carbonyl (C=O) groups is 2. The zero-order valence-electron chi connectivity index (χ0n) is 14.6. The number of amides is 2. The Morgan fingerprint density at radius 3 is 2.70 bits per heavy atom. The molecule has 0 fully saturated rings. The first kappa shape index (κ1) is 19.4. The number of anilines is 2. The Bertz CT molecular complexity index is 912. The molecule has 2 amide bonds. The van der Waals surface area contributed by atoms with E-state index in [0.717, 1.165) is 5.56 Å². The monoisotopic (exact) mass is 363 g/mol. The lowest BCUT2D eigenvalue weighted by atomic mass is 10.2. The van der Waals surface area contributed by atoms with E-state index < -0.39 is 12.2 Å². The smallest absolute Gasteiger partial charge is 0.420 e. The van der Waals surface area contributed by atoms with Crippen LogP contribution < -0.4 is 15.0 Å². The van der Waals surface area contributed by atoms with Gasteiger partial charge < -0.3 is 9.47 Å². The van der Waals surface area contributed by atoms with Gasteiger partial charge in [0.05, 0.1) is 6.07 Å². The topological polar surface area (TPSA) is 91.7 Å². The fraction of sp³-hybridized carbons (Fsp3) is 0.150. The molecular formula is C20H17N3O4. The first-order valence-electron chi connectivity index (χ1n) is 7.93. The van der Waals surface area contributed by atoms with Crippen LogP contribution in [0.25, 0.3) is 0 Å². The third-order valence-corrected chi connectivity index (χ3v) is 3.33. The van der Waals surface area contributed by atoms with E-state index in [0.29, 0.717) is 11.4 Å². The van der Waals surface area contributed by atoms with Gasteiger partial charge in [0.1, 0.15) is 12.3 Å². The van der Waals surface area contributed by atoms with E-state index in [1.54, 1.807) is 36.4 Å². The number of rotatable bonds is 5. The Balaban J connectivity index is 2.11. The number of nitrogens with one attached hydrogen (secondary N) is 1. The van der Waals surface area contributed by atoms with E-state index in [2.05, 4.69) is 11.2 Å². The summed E-state index contributed by atoms with van der Waals surface area (Å²) in [5.41, 5.74) is 1.86. The normalized spacial score (nSPS) is 9.44. The molecule has 27 heavy (non-hydrogen) atoms. The average molecular weight is 363 g/mol. The third-order valence-electron chi connectivity index (χ3n) is 3.33. The van der Waals surface area contributed by atoms with E-state index in [-0.39, 0.29) is 18.9 Å². The summed E-state index contributed by atoms with van der Waals surface area (Å²) in [5, 5.41) is 11.5. The first-order valence-corrected chi connectivity index (χ1v) is 7.93. The second-order valence-electron chi connectivity index (χ2n) is 5.38. The van der Waals surface area contributed by atoms with E-state index in [9.17, 15) is 9.59 Å². The Labute approximate surface area is 157 Å². The van der Waals surface area contributed by atoms with Crippen molar-refractivity contribution >= 4 is 23.6 Å². The molecule has 2 aromatic rings. The second kappa shape index (κ2) is 9.50. The molecule has 0 spiro atoms. The fourth-order valence-electron chi connectivity index (χ4n) is 2.18. The van der Waals surface area contributed by atoms with Crippen molar-refractivity contribution in [3.63, 3.8) is 0 Å². The van der Waals surface area contributed by atoms with Gasteiger partial charge in [-0.05, 0) is 36.8 Å². The van der Waals surface area contributed by atoms with Crippen LogP contribution in [0.3, 0.4) is 0 Å². The van der Waals surface area contributed by atoms with Crippen LogP contribution in [0.15, 0.2) is 48.5 Å². The van der Waals surface area contributed by atoms with Crippen molar-refractivity contribution in [3.8, 4) is 24.2 Å². The maximum Gasteiger partial charge on any atom is 0.420 e. The molecule has 0 unspecified atom stereocenters. The summed E-state index contributed by atoms with van der Waals surface area (Å²) in [6.07, 6.45) is 3.59. The molecule has 2 rings (SSSR count). The molecule has 0 aliphatic heterocycles. The molecule has 2 aromatic carbocycles. The van der Waals surface area contributed by atoms with Gasteiger partial charge in [-0.3, -0.25) is 10.2 Å². The van der Waals surface area contributed by atoms with Crippen molar-refractivity contribution in [1.82, 2.24) is 0 Å². The van der Waals surface area contributed by atoms with E-state index >= 15 is 0 Å². The Kier molecular flexibility index (Phi) is 6.81. The zero-order chi connectivity index (χ0) is 19.6. The molecule has 0 radical (unpaired) electrons. The molecule has 0 bridgehead atoms. The molecule has 0 heterocycles. The molecule has 0 aliphatic carbocycles. The van der Waals surface area contributed by atoms with Gasteiger partial charge >= 0.3 is 12.2 Å². The van der Waals surface area contributed by atoms with Crippen LogP contribution in [-0.4, -0.2) is 25.3 Å². The lowest BCUT2D eigenvalue weighted by Gasteiger charge is -2.19. The van der Waals surface area contributed by atoms with Gasteiger partial charge in [0.25, 0.3) is 0 Å². The summed E-state index contributed by atoms with van der Waals surface area (Å²) in [6, 6.07) is 15.3. The lowest BCUT2D eigenvalue weighted by molar-refractivity contribution is 0.176. The zero-order valence-corrected chi connectivity index (χ0v) is 14.6. The van der Waals surface area contributed by atoms with Crippen LogP contribution in [-0.2, 0) is 4.74 Å². The molecule has 0 saturated carbocycles. The van der Waals surface area contributed by atoms with Crippen LogP contribution in [0.1, 0.15) is 5.56 Å². The number of benzene rings is 2. The van der Waals surface area contributed by atoms with Gasteiger partial charge in [0, 0.05) is 17.4 Å². The van der Waals surface area contributed by atoms with Gasteiger partial charge in [-0.1, -0.05) is 24.1 Å². The van der Waals surface area contributed by atoms with Crippen LogP contribution in [0.5, 0.6) is 5.75 Å². The number of aryl methyl sites for hydroxylation is 1. The number of nitriles is 1. The number of hydrogen-bond acceptors (Lipinski definition) is 5. The minimum absolute atomic E-state index is 0.153. The SMILES string of the molecule is C#CCOC(=O)Nc1cccc(OC(=O)N(CC#N)c2cccc(C)c2)c1. The van der Waals surface area contributed by atoms with Gasteiger partial charge in [0.2, 0.25) is 0 Å². The maximum absolute atomic E-state index is 12.5. The number of hydrogen-bond donors (Lipinski definition) is 1. The van der Waals surface area contributed by atoms with Crippen molar-refractivity contribution < 1.29 is 19.1 Å². The summed E-state index contributed by atoms with van der Waals surface area (Å²) < 4.78 is 10.1. The van der Waals surface area contributed by atoms with Crippen LogP contribution in [0.2, 0.25) is 0 Å². The highest BCUT2D eigenvalue weighted by molar-refractivity contribution is 5.90. The van der Waals surface area contributed by atoms with E-state index in [1.807, 2.05) is 19.1 Å². The van der Waals surface area contributed by atoms with Gasteiger partial charge in [-0.15, -0.1) is 6.42 Å². The average Bonchev–Trinajstić information content (AvgIpc) is 2.64. The van der Waals surface area contributed by atoms with E-state index in [1.165, 1.54) is 11.0 Å². The highest BCUT2D eigenvalue weighted by Crippen LogP contribution is 2.21. The molecule has 0 aliphatic rings. The van der Waals surface area contributed by atoms with Crippen molar-refractivity contribution in [2.24, 2.45) is 0 Å². The predicted molar refractivity (Wildman–Crippen MR) is 100 cm³/mol.